The Morgan fingerprint density at radius 1 is 1.33 bits per heavy atom. The Balaban J connectivity index is 1.70. The van der Waals surface area contributed by atoms with Crippen molar-refractivity contribution in [2.24, 2.45) is 5.73 Å². The van der Waals surface area contributed by atoms with Crippen LogP contribution in [0.15, 0.2) is 22.8 Å². The van der Waals surface area contributed by atoms with Crippen LogP contribution in [0.3, 0.4) is 0 Å². The number of urea groups is 1. The second kappa shape index (κ2) is 5.98. The highest BCUT2D eigenvalue weighted by molar-refractivity contribution is 9.10. The quantitative estimate of drug-likeness (QED) is 0.768. The molecule has 3 rings (SSSR count). The lowest BCUT2D eigenvalue weighted by atomic mass is 9.91. The smallest absolute Gasteiger partial charge is 0.321 e. The summed E-state index contributed by atoms with van der Waals surface area (Å²) in [5.41, 5.74) is 6.70. The lowest BCUT2D eigenvalue weighted by Crippen LogP contribution is -2.50. The number of hydrogen-bond acceptors (Lipinski definition) is 4. The van der Waals surface area contributed by atoms with Crippen molar-refractivity contribution in [1.29, 1.82) is 0 Å². The van der Waals surface area contributed by atoms with Crippen LogP contribution >= 0.6 is 15.9 Å². The maximum absolute atomic E-state index is 12.1. The van der Waals surface area contributed by atoms with Crippen molar-refractivity contribution in [3.05, 3.63) is 22.8 Å². The molecule has 112 valence electrons. The van der Waals surface area contributed by atoms with Gasteiger partial charge in [0.05, 0.1) is 0 Å². The molecule has 4 N–H and O–H groups in total. The second-order valence-corrected chi connectivity index (χ2v) is 6.17. The first-order chi connectivity index (χ1) is 10.1. The third-order valence-corrected chi connectivity index (χ3v) is 4.20. The van der Waals surface area contributed by atoms with Gasteiger partial charge in [-0.15, -0.1) is 10.2 Å². The number of pyridine rings is 1. The van der Waals surface area contributed by atoms with Crippen LogP contribution in [0.2, 0.25) is 0 Å². The van der Waals surface area contributed by atoms with E-state index in [0.29, 0.717) is 11.6 Å². The molecule has 2 amide bonds. The summed E-state index contributed by atoms with van der Waals surface area (Å²) in [7, 11) is 0. The van der Waals surface area contributed by atoms with Crippen molar-refractivity contribution in [3.8, 4) is 0 Å². The Morgan fingerprint density at radius 2 is 2.14 bits per heavy atom. The van der Waals surface area contributed by atoms with Gasteiger partial charge in [0, 0.05) is 22.8 Å². The van der Waals surface area contributed by atoms with E-state index in [1.807, 2.05) is 12.1 Å². The minimum absolute atomic E-state index is 0.0182. The van der Waals surface area contributed by atoms with Gasteiger partial charge in [-0.2, -0.15) is 0 Å². The van der Waals surface area contributed by atoms with Gasteiger partial charge in [0.15, 0.2) is 5.65 Å². The molecule has 8 heteroatoms. The average molecular weight is 353 g/mol. The van der Waals surface area contributed by atoms with Gasteiger partial charge >= 0.3 is 6.03 Å². The summed E-state index contributed by atoms with van der Waals surface area (Å²) in [5.74, 6) is 0.383. The molecular weight excluding hydrogens is 336 g/mol. The van der Waals surface area contributed by atoms with E-state index in [2.05, 4.69) is 36.8 Å². The largest absolute Gasteiger partial charge is 0.334 e. The van der Waals surface area contributed by atoms with E-state index < -0.39 is 0 Å². The van der Waals surface area contributed by atoms with Gasteiger partial charge in [-0.3, -0.25) is 9.72 Å². The minimum atomic E-state index is -0.299. The van der Waals surface area contributed by atoms with E-state index in [9.17, 15) is 4.79 Å². The van der Waals surface area contributed by atoms with Crippen LogP contribution in [0.5, 0.6) is 0 Å². The summed E-state index contributed by atoms with van der Waals surface area (Å²) in [6, 6.07) is 3.43. The number of fused-ring (bicyclic) bond motifs is 1. The average Bonchev–Trinajstić information content (AvgIpc) is 2.84. The van der Waals surface area contributed by atoms with Crippen LogP contribution in [0.1, 0.15) is 25.7 Å². The van der Waals surface area contributed by atoms with E-state index in [-0.39, 0.29) is 18.1 Å². The van der Waals surface area contributed by atoms with Crippen molar-refractivity contribution in [1.82, 2.24) is 19.9 Å². The van der Waals surface area contributed by atoms with E-state index in [1.54, 1.807) is 10.6 Å². The van der Waals surface area contributed by atoms with Crippen molar-refractivity contribution in [2.75, 3.05) is 5.32 Å². The van der Waals surface area contributed by atoms with Gasteiger partial charge < -0.3 is 11.1 Å². The normalized spacial score (nSPS) is 22.2. The van der Waals surface area contributed by atoms with Crippen LogP contribution < -0.4 is 16.4 Å². The predicted molar refractivity (Wildman–Crippen MR) is 83.1 cm³/mol. The van der Waals surface area contributed by atoms with Gasteiger partial charge in [0.2, 0.25) is 5.95 Å². The van der Waals surface area contributed by atoms with Crippen LogP contribution in [0.25, 0.3) is 5.65 Å². The third kappa shape index (κ3) is 3.16. The first-order valence-corrected chi connectivity index (χ1v) is 7.76. The minimum Gasteiger partial charge on any atom is -0.334 e. The van der Waals surface area contributed by atoms with Crippen molar-refractivity contribution in [3.63, 3.8) is 0 Å². The molecule has 1 aliphatic carbocycles. The summed E-state index contributed by atoms with van der Waals surface area (Å²) < 4.78 is 2.59. The number of rotatable bonds is 2. The number of nitrogens with zero attached hydrogens (tertiary/aromatic N) is 3. The number of anilines is 1. The Morgan fingerprint density at radius 3 is 2.95 bits per heavy atom. The summed E-state index contributed by atoms with van der Waals surface area (Å²) in [6.07, 6.45) is 5.90. The zero-order chi connectivity index (χ0) is 14.8. The molecular formula is C13H17BrN6O. The lowest BCUT2D eigenvalue weighted by Gasteiger charge is -2.29. The molecule has 0 radical (unpaired) electrons. The molecule has 2 heterocycles. The van der Waals surface area contributed by atoms with Gasteiger partial charge in [0.25, 0.3) is 0 Å². The fourth-order valence-corrected chi connectivity index (χ4v) is 2.93. The number of hydrogen-bond donors (Lipinski definition) is 3. The fraction of sp³-hybridized carbons (Fsp3) is 0.462. The Bertz CT molecular complexity index is 657. The molecule has 1 fully saturated rings. The molecule has 2 atom stereocenters. The van der Waals surface area contributed by atoms with Gasteiger partial charge in [-0.1, -0.05) is 12.8 Å². The van der Waals surface area contributed by atoms with Crippen molar-refractivity contribution < 1.29 is 4.79 Å². The number of aromatic nitrogens is 3. The Labute approximate surface area is 130 Å². The maximum Gasteiger partial charge on any atom is 0.321 e. The van der Waals surface area contributed by atoms with E-state index in [0.717, 1.165) is 30.2 Å². The predicted octanol–water partition coefficient (Wildman–Crippen LogP) is 1.88. The van der Waals surface area contributed by atoms with Crippen LogP contribution in [-0.4, -0.2) is 32.7 Å². The summed E-state index contributed by atoms with van der Waals surface area (Å²) in [5, 5.41) is 13.6. The molecule has 7 nitrogen and oxygen atoms in total. The SMILES string of the molecule is N[C@@H]1CCCC[C@H]1NC(=O)Nc1nnc2ccc(Br)cn12. The molecule has 0 bridgehead atoms. The number of carbonyl (C=O) groups is 1. The molecule has 2 aromatic rings. The fourth-order valence-electron chi connectivity index (χ4n) is 2.59. The summed E-state index contributed by atoms with van der Waals surface area (Å²) in [6.45, 7) is 0. The Hall–Kier alpha value is -1.67. The highest BCUT2D eigenvalue weighted by atomic mass is 79.9. The van der Waals surface area contributed by atoms with Crippen LogP contribution in [0, 0.1) is 0 Å². The number of amides is 2. The maximum atomic E-state index is 12.1. The topological polar surface area (TPSA) is 97.3 Å². The van der Waals surface area contributed by atoms with E-state index in [1.165, 1.54) is 0 Å². The molecule has 1 aliphatic rings. The molecule has 21 heavy (non-hydrogen) atoms. The van der Waals surface area contributed by atoms with Crippen molar-refractivity contribution >= 4 is 33.6 Å². The number of carbonyl (C=O) groups excluding carboxylic acids is 1. The number of halogens is 1. The summed E-state index contributed by atoms with van der Waals surface area (Å²) >= 11 is 3.38. The summed E-state index contributed by atoms with van der Waals surface area (Å²) in [4.78, 5) is 12.1. The first-order valence-electron chi connectivity index (χ1n) is 6.97. The molecule has 0 aromatic carbocycles. The number of nitrogens with one attached hydrogen (secondary N) is 2. The number of nitrogens with two attached hydrogens (primary N) is 1. The zero-order valence-corrected chi connectivity index (χ0v) is 13.0. The van der Waals surface area contributed by atoms with Gasteiger partial charge in [-0.25, -0.2) is 4.79 Å². The standard InChI is InChI=1S/C13H17BrN6O/c14-8-5-6-11-18-19-12(20(11)7-8)17-13(21)16-10-4-2-1-3-9(10)15/h5-7,9-10H,1-4,15H2,(H2,16,17,19,21)/t9-,10-/m1/s1. The molecule has 1 saturated carbocycles. The molecule has 0 aliphatic heterocycles. The monoisotopic (exact) mass is 352 g/mol. The van der Waals surface area contributed by atoms with Gasteiger partial charge in [-0.05, 0) is 40.9 Å². The van der Waals surface area contributed by atoms with Crippen molar-refractivity contribution in [2.45, 2.75) is 37.8 Å². The van der Waals surface area contributed by atoms with E-state index >= 15 is 0 Å². The highest BCUT2D eigenvalue weighted by Crippen LogP contribution is 2.17. The zero-order valence-electron chi connectivity index (χ0n) is 11.4. The lowest BCUT2D eigenvalue weighted by molar-refractivity contribution is 0.240. The molecule has 0 unspecified atom stereocenters. The Kier molecular flexibility index (Phi) is 4.07. The molecule has 2 aromatic heterocycles. The first kappa shape index (κ1) is 14.3. The van der Waals surface area contributed by atoms with E-state index in [4.69, 9.17) is 5.73 Å². The van der Waals surface area contributed by atoms with Crippen LogP contribution in [0.4, 0.5) is 10.7 Å². The van der Waals surface area contributed by atoms with Gasteiger partial charge in [0.1, 0.15) is 0 Å². The second-order valence-electron chi connectivity index (χ2n) is 5.25. The molecule has 0 saturated heterocycles. The third-order valence-electron chi connectivity index (χ3n) is 3.73. The molecule has 0 spiro atoms. The van der Waals surface area contributed by atoms with Crippen LogP contribution in [-0.2, 0) is 0 Å². The highest BCUT2D eigenvalue weighted by Gasteiger charge is 2.23.